The van der Waals surface area contributed by atoms with Crippen molar-refractivity contribution in [3.63, 3.8) is 0 Å². The first kappa shape index (κ1) is 13.9. The molecule has 0 aliphatic heterocycles. The van der Waals surface area contributed by atoms with Crippen molar-refractivity contribution in [1.82, 2.24) is 4.57 Å². The van der Waals surface area contributed by atoms with E-state index in [-0.39, 0.29) is 11.9 Å². The molecule has 1 amide bonds. The smallest absolute Gasteiger partial charge is 0.272 e. The van der Waals surface area contributed by atoms with Gasteiger partial charge in [0, 0.05) is 11.7 Å². The van der Waals surface area contributed by atoms with Gasteiger partial charge >= 0.3 is 0 Å². The van der Waals surface area contributed by atoms with Crippen molar-refractivity contribution >= 4 is 33.1 Å². The summed E-state index contributed by atoms with van der Waals surface area (Å²) in [5, 5.41) is 5.05. The normalized spacial score (nSPS) is 11.2. The van der Waals surface area contributed by atoms with E-state index in [9.17, 15) is 4.79 Å². The van der Waals surface area contributed by atoms with Crippen molar-refractivity contribution in [3.05, 3.63) is 53.0 Å². The topological polar surface area (TPSA) is 34.0 Å². The number of nitrogens with zero attached hydrogens (tertiary/aromatic N) is 1. The number of hydrogen-bond donors (Lipinski definition) is 1. The van der Waals surface area contributed by atoms with Crippen LogP contribution in [-0.4, -0.2) is 10.5 Å². The Morgan fingerprint density at radius 2 is 2.05 bits per heavy atom. The van der Waals surface area contributed by atoms with Crippen LogP contribution in [0.3, 0.4) is 0 Å². The van der Waals surface area contributed by atoms with Crippen molar-refractivity contribution in [3.8, 4) is 0 Å². The van der Waals surface area contributed by atoms with Crippen molar-refractivity contribution in [1.29, 1.82) is 0 Å². The van der Waals surface area contributed by atoms with Crippen molar-refractivity contribution < 1.29 is 4.79 Å². The number of benzene rings is 1. The first-order valence-electron chi connectivity index (χ1n) is 7.02. The highest BCUT2D eigenvalue weighted by molar-refractivity contribution is 7.17. The summed E-state index contributed by atoms with van der Waals surface area (Å²) in [6.45, 7) is 6.21. The average molecular weight is 298 g/mol. The number of nitrogens with one attached hydrogen (secondary N) is 1. The lowest BCUT2D eigenvalue weighted by atomic mass is 10.2. The lowest BCUT2D eigenvalue weighted by Crippen LogP contribution is -2.18. The first-order chi connectivity index (χ1) is 10.1. The van der Waals surface area contributed by atoms with Crippen LogP contribution in [0, 0.1) is 6.92 Å². The molecular weight excluding hydrogens is 280 g/mol. The van der Waals surface area contributed by atoms with Gasteiger partial charge in [0.25, 0.3) is 5.91 Å². The van der Waals surface area contributed by atoms with Crippen LogP contribution in [0.1, 0.15) is 35.9 Å². The number of aromatic nitrogens is 1. The second-order valence-corrected chi connectivity index (χ2v) is 6.43. The fourth-order valence-corrected chi connectivity index (χ4v) is 3.40. The summed E-state index contributed by atoms with van der Waals surface area (Å²) in [6, 6.07) is 12.1. The van der Waals surface area contributed by atoms with Gasteiger partial charge in [0.2, 0.25) is 0 Å². The van der Waals surface area contributed by atoms with Gasteiger partial charge in [-0.05, 0) is 56.0 Å². The van der Waals surface area contributed by atoms with Gasteiger partial charge < -0.3 is 9.88 Å². The largest absolute Gasteiger partial charge is 0.333 e. The summed E-state index contributed by atoms with van der Waals surface area (Å²) in [7, 11) is 0. The molecule has 0 aliphatic rings. The Kier molecular flexibility index (Phi) is 3.55. The lowest BCUT2D eigenvalue weighted by Gasteiger charge is -2.14. The molecule has 0 fully saturated rings. The predicted octanol–water partition coefficient (Wildman–Crippen LogP) is 4.84. The second kappa shape index (κ2) is 5.37. The van der Waals surface area contributed by atoms with E-state index in [0.29, 0.717) is 5.69 Å². The maximum Gasteiger partial charge on any atom is 0.272 e. The van der Waals surface area contributed by atoms with Crippen molar-refractivity contribution in [2.45, 2.75) is 26.8 Å². The van der Waals surface area contributed by atoms with Gasteiger partial charge in [-0.2, -0.15) is 0 Å². The van der Waals surface area contributed by atoms with Gasteiger partial charge in [-0.25, -0.2) is 0 Å². The molecule has 0 spiro atoms. The van der Waals surface area contributed by atoms with E-state index in [1.807, 2.05) is 37.3 Å². The van der Waals surface area contributed by atoms with Crippen LogP contribution in [0.15, 0.2) is 41.8 Å². The van der Waals surface area contributed by atoms with Gasteiger partial charge in [0.15, 0.2) is 0 Å². The lowest BCUT2D eigenvalue weighted by molar-refractivity contribution is 0.101. The quantitative estimate of drug-likeness (QED) is 0.737. The van der Waals surface area contributed by atoms with E-state index in [2.05, 4.69) is 35.2 Å². The van der Waals surface area contributed by atoms with Crippen LogP contribution >= 0.6 is 11.3 Å². The zero-order valence-electron chi connectivity index (χ0n) is 12.4. The summed E-state index contributed by atoms with van der Waals surface area (Å²) in [4.78, 5) is 12.6. The minimum atomic E-state index is -0.0577. The third kappa shape index (κ3) is 2.59. The Balaban J connectivity index is 1.97. The van der Waals surface area contributed by atoms with E-state index in [1.165, 1.54) is 0 Å². The molecule has 2 heterocycles. The molecule has 0 atom stereocenters. The molecule has 0 bridgehead atoms. The second-order valence-electron chi connectivity index (χ2n) is 5.49. The molecule has 0 aliphatic carbocycles. The van der Waals surface area contributed by atoms with Crippen LogP contribution in [-0.2, 0) is 0 Å². The Labute approximate surface area is 128 Å². The maximum atomic E-state index is 12.6. The Bertz CT molecular complexity index is 798. The number of aryl methyl sites for hydroxylation is 1. The number of carbonyl (C=O) groups is 1. The van der Waals surface area contributed by atoms with Crippen molar-refractivity contribution in [2.24, 2.45) is 0 Å². The molecule has 0 saturated heterocycles. The van der Waals surface area contributed by atoms with Crippen LogP contribution in [0.5, 0.6) is 0 Å². The number of fused-ring (bicyclic) bond motifs is 1. The van der Waals surface area contributed by atoms with Gasteiger partial charge in [0.05, 0.1) is 10.2 Å². The van der Waals surface area contributed by atoms with Gasteiger partial charge in [-0.15, -0.1) is 11.3 Å². The van der Waals surface area contributed by atoms with E-state index >= 15 is 0 Å². The SMILES string of the molecule is Cc1cccc(NC(=O)c2cc3sccc3n2C(C)C)c1. The number of anilines is 1. The summed E-state index contributed by atoms with van der Waals surface area (Å²) < 4.78 is 3.25. The molecule has 0 radical (unpaired) electrons. The first-order valence-corrected chi connectivity index (χ1v) is 7.90. The van der Waals surface area contributed by atoms with Crippen LogP contribution in [0.2, 0.25) is 0 Å². The molecule has 0 saturated carbocycles. The molecule has 108 valence electrons. The molecule has 0 unspecified atom stereocenters. The van der Waals surface area contributed by atoms with Crippen LogP contribution in [0.4, 0.5) is 5.69 Å². The van der Waals surface area contributed by atoms with Gasteiger partial charge in [0.1, 0.15) is 5.69 Å². The zero-order valence-corrected chi connectivity index (χ0v) is 13.2. The average Bonchev–Trinajstić information content (AvgIpc) is 2.97. The molecule has 21 heavy (non-hydrogen) atoms. The summed E-state index contributed by atoms with van der Waals surface area (Å²) in [5.74, 6) is -0.0577. The number of amides is 1. The van der Waals surface area contributed by atoms with Crippen LogP contribution in [0.25, 0.3) is 10.2 Å². The van der Waals surface area contributed by atoms with E-state index in [4.69, 9.17) is 0 Å². The summed E-state index contributed by atoms with van der Waals surface area (Å²) in [6.07, 6.45) is 0. The highest BCUT2D eigenvalue weighted by atomic mass is 32.1. The number of carbonyl (C=O) groups excluding carboxylic acids is 1. The fraction of sp³-hybridized carbons (Fsp3) is 0.235. The zero-order chi connectivity index (χ0) is 15.0. The highest BCUT2D eigenvalue weighted by Crippen LogP contribution is 2.28. The predicted molar refractivity (Wildman–Crippen MR) is 89.3 cm³/mol. The van der Waals surface area contributed by atoms with Crippen LogP contribution < -0.4 is 5.32 Å². The summed E-state index contributed by atoms with van der Waals surface area (Å²) >= 11 is 1.67. The third-order valence-electron chi connectivity index (χ3n) is 3.49. The van der Waals surface area contributed by atoms with E-state index < -0.39 is 0 Å². The molecular formula is C17H18N2OS. The highest BCUT2D eigenvalue weighted by Gasteiger charge is 2.18. The van der Waals surface area contributed by atoms with Gasteiger partial charge in [-0.3, -0.25) is 4.79 Å². The standard InChI is InChI=1S/C17H18N2OS/c1-11(2)19-14-7-8-21-16(14)10-15(19)17(20)18-13-6-4-5-12(3)9-13/h4-11H,1-3H3,(H,18,20). The molecule has 3 aromatic rings. The molecule has 1 aromatic carbocycles. The third-order valence-corrected chi connectivity index (χ3v) is 4.34. The molecule has 3 nitrogen and oxygen atoms in total. The minimum Gasteiger partial charge on any atom is -0.333 e. The Morgan fingerprint density at radius 1 is 1.24 bits per heavy atom. The number of hydrogen-bond acceptors (Lipinski definition) is 2. The minimum absolute atomic E-state index is 0.0577. The van der Waals surface area contributed by atoms with Gasteiger partial charge in [-0.1, -0.05) is 12.1 Å². The number of thiophene rings is 1. The fourth-order valence-electron chi connectivity index (χ4n) is 2.59. The number of rotatable bonds is 3. The summed E-state index contributed by atoms with van der Waals surface area (Å²) in [5.41, 5.74) is 3.81. The van der Waals surface area contributed by atoms with Crippen molar-refractivity contribution in [2.75, 3.05) is 5.32 Å². The molecule has 1 N–H and O–H groups in total. The van der Waals surface area contributed by atoms with E-state index in [0.717, 1.165) is 21.5 Å². The Hall–Kier alpha value is -2.07. The van der Waals surface area contributed by atoms with E-state index in [1.54, 1.807) is 11.3 Å². The molecule has 4 heteroatoms. The molecule has 3 rings (SSSR count). The maximum absolute atomic E-state index is 12.6. The monoisotopic (exact) mass is 298 g/mol. The molecule has 2 aromatic heterocycles. The Morgan fingerprint density at radius 3 is 2.76 bits per heavy atom.